The average Bonchev–Trinajstić information content (AvgIpc) is 3.15. The molecule has 4 aromatic rings. The molecule has 0 radical (unpaired) electrons. The van der Waals surface area contributed by atoms with Crippen molar-refractivity contribution in [2.24, 2.45) is 5.10 Å². The topological polar surface area (TPSA) is 60.4 Å². The number of rotatable bonds is 3. The summed E-state index contributed by atoms with van der Waals surface area (Å²) in [4.78, 5) is 17.5. The largest absolute Gasteiger partial charge is 0.463 e. The van der Waals surface area contributed by atoms with Crippen LogP contribution in [-0.2, 0) is 0 Å². The molecule has 5 nitrogen and oxygen atoms in total. The first-order chi connectivity index (χ1) is 11.8. The van der Waals surface area contributed by atoms with Gasteiger partial charge in [0.05, 0.1) is 23.4 Å². The number of nitrogens with zero attached hydrogens (tertiary/aromatic N) is 3. The van der Waals surface area contributed by atoms with E-state index in [9.17, 15) is 4.79 Å². The van der Waals surface area contributed by atoms with Crippen molar-refractivity contribution < 1.29 is 4.42 Å². The number of benzene rings is 2. The van der Waals surface area contributed by atoms with Gasteiger partial charge in [-0.05, 0) is 24.3 Å². The zero-order chi connectivity index (χ0) is 16.4. The van der Waals surface area contributed by atoms with Gasteiger partial charge in [-0.3, -0.25) is 4.79 Å². The van der Waals surface area contributed by atoms with Gasteiger partial charge in [0.2, 0.25) is 0 Å². The molecule has 0 saturated heterocycles. The second kappa shape index (κ2) is 5.96. The maximum absolute atomic E-state index is 12.9. The molecule has 2 heterocycles. The van der Waals surface area contributed by atoms with Crippen LogP contribution in [0.5, 0.6) is 0 Å². The molecule has 0 aliphatic rings. The highest BCUT2D eigenvalue weighted by atomic mass is 16.3. The summed E-state index contributed by atoms with van der Waals surface area (Å²) in [5.41, 5.74) is 1.24. The van der Waals surface area contributed by atoms with Gasteiger partial charge in [-0.25, -0.2) is 4.98 Å². The van der Waals surface area contributed by atoms with E-state index in [2.05, 4.69) is 10.1 Å². The van der Waals surface area contributed by atoms with Crippen molar-refractivity contribution >= 4 is 17.1 Å². The number of fused-ring (bicyclic) bond motifs is 1. The summed E-state index contributed by atoms with van der Waals surface area (Å²) in [6.45, 7) is 0. The first kappa shape index (κ1) is 14.1. The van der Waals surface area contributed by atoms with Crippen LogP contribution in [0.25, 0.3) is 22.3 Å². The molecule has 0 N–H and O–H groups in total. The SMILES string of the molecule is O=c1c2ccccc2nc(-c2ccccc2)n1/N=C\c1ccco1. The maximum Gasteiger partial charge on any atom is 0.282 e. The summed E-state index contributed by atoms with van der Waals surface area (Å²) in [5.74, 6) is 1.05. The Morgan fingerprint density at radius 3 is 2.54 bits per heavy atom. The molecule has 0 spiro atoms. The molecule has 2 aromatic heterocycles. The summed E-state index contributed by atoms with van der Waals surface area (Å²) in [7, 11) is 0. The molecule has 0 atom stereocenters. The van der Waals surface area contributed by atoms with E-state index < -0.39 is 0 Å². The highest BCUT2D eigenvalue weighted by Gasteiger charge is 2.11. The molecule has 2 aromatic carbocycles. The lowest BCUT2D eigenvalue weighted by molar-refractivity contribution is 0.559. The highest BCUT2D eigenvalue weighted by molar-refractivity contribution is 5.80. The summed E-state index contributed by atoms with van der Waals surface area (Å²) in [6, 6.07) is 20.3. The summed E-state index contributed by atoms with van der Waals surface area (Å²) in [5, 5.41) is 4.82. The Morgan fingerprint density at radius 2 is 1.75 bits per heavy atom. The third-order valence-electron chi connectivity index (χ3n) is 3.63. The minimum Gasteiger partial charge on any atom is -0.463 e. The molecular weight excluding hydrogens is 302 g/mol. The Kier molecular flexibility index (Phi) is 3.51. The molecule has 4 rings (SSSR count). The number of furan rings is 1. The minimum atomic E-state index is -0.220. The van der Waals surface area contributed by atoms with Crippen LogP contribution in [-0.4, -0.2) is 15.9 Å². The molecule has 0 aliphatic carbocycles. The molecule has 0 bridgehead atoms. The summed E-state index contributed by atoms with van der Waals surface area (Å²) < 4.78 is 6.55. The van der Waals surface area contributed by atoms with E-state index >= 15 is 0 Å². The van der Waals surface area contributed by atoms with Crippen LogP contribution in [0.4, 0.5) is 0 Å². The first-order valence-electron chi connectivity index (χ1n) is 7.48. The number of hydrogen-bond acceptors (Lipinski definition) is 4. The fourth-order valence-electron chi connectivity index (χ4n) is 2.48. The molecule has 0 saturated carbocycles. The van der Waals surface area contributed by atoms with E-state index in [-0.39, 0.29) is 5.56 Å². The van der Waals surface area contributed by atoms with Crippen molar-refractivity contribution in [1.29, 1.82) is 0 Å². The number of para-hydroxylation sites is 1. The van der Waals surface area contributed by atoms with E-state index in [1.165, 1.54) is 10.9 Å². The molecule has 0 amide bonds. The van der Waals surface area contributed by atoms with Crippen molar-refractivity contribution in [2.75, 3.05) is 0 Å². The Bertz CT molecular complexity index is 1060. The number of hydrogen-bond donors (Lipinski definition) is 0. The Hall–Kier alpha value is -3.47. The monoisotopic (exact) mass is 315 g/mol. The van der Waals surface area contributed by atoms with Crippen LogP contribution in [0.3, 0.4) is 0 Å². The van der Waals surface area contributed by atoms with Gasteiger partial charge in [0.1, 0.15) is 5.76 Å². The number of aromatic nitrogens is 2. The molecule has 0 fully saturated rings. The Morgan fingerprint density at radius 1 is 0.958 bits per heavy atom. The van der Waals surface area contributed by atoms with Gasteiger partial charge in [-0.2, -0.15) is 9.78 Å². The van der Waals surface area contributed by atoms with E-state index in [0.717, 1.165) is 5.56 Å². The average molecular weight is 315 g/mol. The quantitative estimate of drug-likeness (QED) is 0.543. The van der Waals surface area contributed by atoms with Crippen LogP contribution in [0, 0.1) is 0 Å². The van der Waals surface area contributed by atoms with Gasteiger partial charge in [-0.1, -0.05) is 42.5 Å². The first-order valence-corrected chi connectivity index (χ1v) is 7.48. The molecule has 24 heavy (non-hydrogen) atoms. The van der Waals surface area contributed by atoms with Crippen LogP contribution >= 0.6 is 0 Å². The molecule has 0 unspecified atom stereocenters. The van der Waals surface area contributed by atoms with Crippen molar-refractivity contribution in [1.82, 2.24) is 9.66 Å². The Balaban J connectivity index is 1.98. The smallest absolute Gasteiger partial charge is 0.282 e. The molecule has 116 valence electrons. The standard InChI is InChI=1S/C19H13N3O2/c23-19-16-10-4-5-11-17(16)21-18(14-7-2-1-3-8-14)22(19)20-13-15-9-6-12-24-15/h1-13H/b20-13-. The third-order valence-corrected chi connectivity index (χ3v) is 3.63. The molecule has 0 aliphatic heterocycles. The zero-order valence-corrected chi connectivity index (χ0v) is 12.7. The van der Waals surface area contributed by atoms with Crippen LogP contribution in [0.2, 0.25) is 0 Å². The fourth-order valence-corrected chi connectivity index (χ4v) is 2.48. The van der Waals surface area contributed by atoms with Gasteiger partial charge >= 0.3 is 0 Å². The second-order valence-corrected chi connectivity index (χ2v) is 5.20. The van der Waals surface area contributed by atoms with Gasteiger partial charge in [0, 0.05) is 5.56 Å². The van der Waals surface area contributed by atoms with E-state index in [1.54, 1.807) is 24.5 Å². The lowest BCUT2D eigenvalue weighted by Gasteiger charge is -2.09. The minimum absolute atomic E-state index is 0.220. The lowest BCUT2D eigenvalue weighted by atomic mass is 10.2. The summed E-state index contributed by atoms with van der Waals surface area (Å²) in [6.07, 6.45) is 3.06. The normalized spacial score (nSPS) is 11.3. The van der Waals surface area contributed by atoms with Crippen LogP contribution in [0.15, 0.2) is 87.3 Å². The van der Waals surface area contributed by atoms with E-state index in [4.69, 9.17) is 4.42 Å². The maximum atomic E-state index is 12.9. The molecular formula is C19H13N3O2. The van der Waals surface area contributed by atoms with Crippen LogP contribution in [0.1, 0.15) is 5.76 Å². The van der Waals surface area contributed by atoms with Gasteiger partial charge in [0.25, 0.3) is 5.56 Å². The van der Waals surface area contributed by atoms with Crippen molar-refractivity contribution in [3.05, 3.63) is 89.1 Å². The van der Waals surface area contributed by atoms with Crippen molar-refractivity contribution in [3.63, 3.8) is 0 Å². The molecule has 5 heteroatoms. The predicted molar refractivity (Wildman–Crippen MR) is 93.1 cm³/mol. The van der Waals surface area contributed by atoms with Gasteiger partial charge in [0.15, 0.2) is 5.82 Å². The Labute approximate surface area is 137 Å². The van der Waals surface area contributed by atoms with E-state index in [0.29, 0.717) is 22.5 Å². The van der Waals surface area contributed by atoms with Gasteiger partial charge < -0.3 is 4.42 Å². The lowest BCUT2D eigenvalue weighted by Crippen LogP contribution is -2.20. The highest BCUT2D eigenvalue weighted by Crippen LogP contribution is 2.18. The zero-order valence-electron chi connectivity index (χ0n) is 12.7. The van der Waals surface area contributed by atoms with E-state index in [1.807, 2.05) is 48.5 Å². The van der Waals surface area contributed by atoms with Crippen LogP contribution < -0.4 is 5.56 Å². The van der Waals surface area contributed by atoms with Crippen molar-refractivity contribution in [3.8, 4) is 11.4 Å². The third kappa shape index (κ3) is 2.52. The predicted octanol–water partition coefficient (Wildman–Crippen LogP) is 3.54. The van der Waals surface area contributed by atoms with Gasteiger partial charge in [-0.15, -0.1) is 0 Å². The summed E-state index contributed by atoms with van der Waals surface area (Å²) >= 11 is 0. The second-order valence-electron chi connectivity index (χ2n) is 5.20. The fraction of sp³-hybridized carbons (Fsp3) is 0. The van der Waals surface area contributed by atoms with Crippen molar-refractivity contribution in [2.45, 2.75) is 0 Å².